The molecule has 184 valence electrons. The number of rotatable bonds is 6. The maximum Gasteiger partial charge on any atom is 0.410 e. The standard InChI is InChI=1S/C27H31N3O5/c31-24(32)12-19-6-7-22-25-21(9-11-30(19)22)28-10-8-23(25)35-20-13-27(14-20)16-29(17-27)26(33)34-15-18-4-2-1-3-5-18/h1-5,8,10,19-20,22H,6-7,9,11-17H2,(H,31,32)/t19?,22-/m1/s1. The molecule has 1 aromatic heterocycles. The predicted molar refractivity (Wildman–Crippen MR) is 127 cm³/mol. The van der Waals surface area contributed by atoms with Gasteiger partial charge >= 0.3 is 12.1 Å². The van der Waals surface area contributed by atoms with E-state index in [9.17, 15) is 14.7 Å². The fourth-order valence-electron chi connectivity index (χ4n) is 6.53. The number of aliphatic carboxylic acids is 1. The third kappa shape index (κ3) is 4.24. The predicted octanol–water partition coefficient (Wildman–Crippen LogP) is 3.80. The highest BCUT2D eigenvalue weighted by atomic mass is 16.6. The number of pyridine rings is 1. The first-order valence-electron chi connectivity index (χ1n) is 12.6. The van der Waals surface area contributed by atoms with Gasteiger partial charge in [-0.2, -0.15) is 0 Å². The molecular weight excluding hydrogens is 446 g/mol. The zero-order valence-electron chi connectivity index (χ0n) is 19.8. The van der Waals surface area contributed by atoms with E-state index in [-0.39, 0.29) is 36.1 Å². The second-order valence-corrected chi connectivity index (χ2v) is 10.5. The van der Waals surface area contributed by atoms with Crippen molar-refractivity contribution in [1.82, 2.24) is 14.8 Å². The lowest BCUT2D eigenvalue weighted by Crippen LogP contribution is -2.65. The van der Waals surface area contributed by atoms with Crippen LogP contribution in [0.1, 0.15) is 55.0 Å². The maximum absolute atomic E-state index is 12.4. The lowest BCUT2D eigenvalue weighted by atomic mass is 9.62. The van der Waals surface area contributed by atoms with E-state index < -0.39 is 5.97 Å². The van der Waals surface area contributed by atoms with Gasteiger partial charge < -0.3 is 19.5 Å². The van der Waals surface area contributed by atoms with Crippen LogP contribution in [0.2, 0.25) is 0 Å². The Hall–Kier alpha value is -3.13. The van der Waals surface area contributed by atoms with Gasteiger partial charge in [-0.3, -0.25) is 14.7 Å². The monoisotopic (exact) mass is 477 g/mol. The summed E-state index contributed by atoms with van der Waals surface area (Å²) in [5.41, 5.74) is 3.39. The Bertz CT molecular complexity index is 1110. The summed E-state index contributed by atoms with van der Waals surface area (Å²) in [6.07, 6.45) is 6.45. The quantitative estimate of drug-likeness (QED) is 0.677. The minimum atomic E-state index is -0.734. The van der Waals surface area contributed by atoms with Crippen LogP contribution in [-0.4, -0.2) is 63.7 Å². The van der Waals surface area contributed by atoms with E-state index in [4.69, 9.17) is 9.47 Å². The number of benzene rings is 1. The van der Waals surface area contributed by atoms with Crippen LogP contribution in [0.5, 0.6) is 5.75 Å². The van der Waals surface area contributed by atoms with Crippen LogP contribution in [0.25, 0.3) is 0 Å². The van der Waals surface area contributed by atoms with Gasteiger partial charge in [0.1, 0.15) is 18.5 Å². The van der Waals surface area contributed by atoms with Crippen LogP contribution >= 0.6 is 0 Å². The van der Waals surface area contributed by atoms with Crippen molar-refractivity contribution in [2.75, 3.05) is 19.6 Å². The van der Waals surface area contributed by atoms with Gasteiger partial charge in [0.15, 0.2) is 0 Å². The Labute approximate surface area is 204 Å². The molecule has 4 aliphatic rings. The molecule has 3 aliphatic heterocycles. The highest BCUT2D eigenvalue weighted by Crippen LogP contribution is 2.51. The summed E-state index contributed by atoms with van der Waals surface area (Å²) in [4.78, 5) is 32.4. The summed E-state index contributed by atoms with van der Waals surface area (Å²) in [5, 5.41) is 9.29. The highest BCUT2D eigenvalue weighted by molar-refractivity contribution is 5.69. The van der Waals surface area contributed by atoms with Crippen LogP contribution in [0.3, 0.4) is 0 Å². The first kappa shape index (κ1) is 22.3. The molecule has 8 heteroatoms. The van der Waals surface area contributed by atoms with Gasteiger partial charge in [-0.1, -0.05) is 30.3 Å². The van der Waals surface area contributed by atoms with Crippen molar-refractivity contribution in [2.24, 2.45) is 5.41 Å². The molecule has 6 rings (SSSR count). The van der Waals surface area contributed by atoms with Crippen LogP contribution in [0, 0.1) is 5.41 Å². The molecule has 2 atom stereocenters. The summed E-state index contributed by atoms with van der Waals surface area (Å²) in [6.45, 7) is 2.60. The molecule has 1 spiro atoms. The number of likely N-dealkylation sites (tertiary alicyclic amines) is 1. The summed E-state index contributed by atoms with van der Waals surface area (Å²) < 4.78 is 11.9. The molecular formula is C27H31N3O5. The van der Waals surface area contributed by atoms with Crippen molar-refractivity contribution in [1.29, 1.82) is 0 Å². The van der Waals surface area contributed by atoms with Crippen LogP contribution in [-0.2, 0) is 22.6 Å². The van der Waals surface area contributed by atoms with Crippen molar-refractivity contribution < 1.29 is 24.2 Å². The number of nitrogens with zero attached hydrogens (tertiary/aromatic N) is 3. The molecule has 8 nitrogen and oxygen atoms in total. The van der Waals surface area contributed by atoms with Crippen molar-refractivity contribution in [3.63, 3.8) is 0 Å². The fraction of sp³-hybridized carbons (Fsp3) is 0.519. The Balaban J connectivity index is 1.03. The third-order valence-corrected chi connectivity index (χ3v) is 8.16. The molecule has 2 saturated heterocycles. The van der Waals surface area contributed by atoms with E-state index in [1.165, 1.54) is 0 Å². The van der Waals surface area contributed by atoms with Gasteiger partial charge in [-0.15, -0.1) is 0 Å². The smallest absolute Gasteiger partial charge is 0.410 e. The third-order valence-electron chi connectivity index (χ3n) is 8.16. The SMILES string of the molecule is O=C(O)CC1CC[C@@H]2c3c(OC4CC5(C4)CN(C(=O)OCc4ccccc4)C5)ccnc3CCN12. The molecule has 3 fully saturated rings. The van der Waals surface area contributed by atoms with Gasteiger partial charge in [-0.05, 0) is 37.3 Å². The molecule has 1 N–H and O–H groups in total. The van der Waals surface area contributed by atoms with Gasteiger partial charge in [0.25, 0.3) is 0 Å². The van der Waals surface area contributed by atoms with Gasteiger partial charge in [-0.25, -0.2) is 4.79 Å². The van der Waals surface area contributed by atoms with Crippen molar-refractivity contribution >= 4 is 12.1 Å². The Morgan fingerprint density at radius 3 is 2.69 bits per heavy atom. The molecule has 1 amide bonds. The Morgan fingerprint density at radius 2 is 1.91 bits per heavy atom. The van der Waals surface area contributed by atoms with Crippen LogP contribution in [0.15, 0.2) is 42.6 Å². The summed E-state index contributed by atoms with van der Waals surface area (Å²) in [5.74, 6) is 0.168. The number of aromatic nitrogens is 1. The Morgan fingerprint density at radius 1 is 1.11 bits per heavy atom. The molecule has 1 aliphatic carbocycles. The lowest BCUT2D eigenvalue weighted by molar-refractivity contribution is -0.138. The molecule has 1 saturated carbocycles. The highest BCUT2D eigenvalue weighted by Gasteiger charge is 2.55. The van der Waals surface area contributed by atoms with Gasteiger partial charge in [0.05, 0.1) is 12.1 Å². The first-order valence-corrected chi connectivity index (χ1v) is 12.6. The lowest BCUT2D eigenvalue weighted by Gasteiger charge is -2.57. The van der Waals surface area contributed by atoms with Crippen molar-refractivity contribution in [3.05, 3.63) is 59.4 Å². The molecule has 4 heterocycles. The van der Waals surface area contributed by atoms with E-state index >= 15 is 0 Å². The molecule has 0 radical (unpaired) electrons. The molecule has 35 heavy (non-hydrogen) atoms. The zero-order chi connectivity index (χ0) is 24.0. The average molecular weight is 478 g/mol. The number of carboxylic acid groups (broad SMARTS) is 1. The average Bonchev–Trinajstić information content (AvgIpc) is 3.21. The minimum absolute atomic E-state index is 0.0910. The topological polar surface area (TPSA) is 92.2 Å². The number of carboxylic acids is 1. The Kier molecular flexibility index (Phi) is 5.63. The number of hydrogen-bond acceptors (Lipinski definition) is 6. The number of hydrogen-bond donors (Lipinski definition) is 1. The maximum atomic E-state index is 12.4. The second-order valence-electron chi connectivity index (χ2n) is 10.5. The van der Waals surface area contributed by atoms with Crippen molar-refractivity contribution in [2.45, 2.75) is 63.3 Å². The molecule has 1 aromatic carbocycles. The number of carbonyl (C=O) groups excluding carboxylic acids is 1. The minimum Gasteiger partial charge on any atom is -0.490 e. The normalized spacial score (nSPS) is 24.7. The number of amides is 1. The molecule has 2 aromatic rings. The summed E-state index contributed by atoms with van der Waals surface area (Å²) in [7, 11) is 0. The largest absolute Gasteiger partial charge is 0.490 e. The molecule has 0 bridgehead atoms. The van der Waals surface area contributed by atoms with Crippen LogP contribution < -0.4 is 4.74 Å². The fourth-order valence-corrected chi connectivity index (χ4v) is 6.53. The van der Waals surface area contributed by atoms with E-state index in [1.807, 2.05) is 42.6 Å². The summed E-state index contributed by atoms with van der Waals surface area (Å²) in [6, 6.07) is 12.0. The van der Waals surface area contributed by atoms with E-state index in [1.54, 1.807) is 4.90 Å². The van der Waals surface area contributed by atoms with Gasteiger partial charge in [0.2, 0.25) is 0 Å². The van der Waals surface area contributed by atoms with E-state index in [2.05, 4.69) is 9.88 Å². The van der Waals surface area contributed by atoms with Crippen molar-refractivity contribution in [3.8, 4) is 5.75 Å². The van der Waals surface area contributed by atoms with E-state index in [0.29, 0.717) is 6.61 Å². The van der Waals surface area contributed by atoms with Gasteiger partial charge in [0, 0.05) is 55.3 Å². The van der Waals surface area contributed by atoms with E-state index in [0.717, 1.165) is 74.3 Å². The zero-order valence-corrected chi connectivity index (χ0v) is 19.8. The molecule has 1 unspecified atom stereocenters. The second kappa shape index (κ2) is 8.82. The number of carbonyl (C=O) groups is 2. The number of ether oxygens (including phenoxy) is 2. The first-order chi connectivity index (χ1) is 17.0. The number of fused-ring (bicyclic) bond motifs is 3. The summed E-state index contributed by atoms with van der Waals surface area (Å²) >= 11 is 0. The van der Waals surface area contributed by atoms with Crippen LogP contribution in [0.4, 0.5) is 4.79 Å².